The molecule has 0 saturated heterocycles. The number of hydrogen-bond donors (Lipinski definition) is 2. The van der Waals surface area contributed by atoms with Gasteiger partial charge in [-0.2, -0.15) is 0 Å². The van der Waals surface area contributed by atoms with Crippen molar-refractivity contribution in [1.29, 1.82) is 0 Å². The zero-order valence-electron chi connectivity index (χ0n) is 6.52. The molecule has 0 spiro atoms. The number of hydrogen-bond acceptors (Lipinski definition) is 2. The molecule has 0 heterocycles. The molecule has 0 aliphatic rings. The van der Waals surface area contributed by atoms with Crippen molar-refractivity contribution in [3.8, 4) is 0 Å². The molecule has 0 amide bonds. The maximum atomic E-state index is 8.52. The Labute approximate surface area is 57.1 Å². The Morgan fingerprint density at radius 2 is 1.89 bits per heavy atom. The molecule has 2 heteroatoms. The third kappa shape index (κ3) is 3.49. The Hall–Kier alpha value is -0.0800. The third-order valence-corrected chi connectivity index (χ3v) is 1.55. The van der Waals surface area contributed by atoms with Crippen molar-refractivity contribution in [2.45, 2.75) is 33.2 Å². The summed E-state index contributed by atoms with van der Waals surface area (Å²) in [6.07, 6.45) is 0.698. The molecule has 2 nitrogen and oxygen atoms in total. The van der Waals surface area contributed by atoms with Gasteiger partial charge in [-0.25, -0.2) is 0 Å². The second-order valence-corrected chi connectivity index (χ2v) is 3.48. The van der Waals surface area contributed by atoms with E-state index in [1.165, 1.54) is 0 Å². The largest absolute Gasteiger partial charge is 0.396 e. The summed E-state index contributed by atoms with van der Waals surface area (Å²) in [5, 5.41) is 8.52. The van der Waals surface area contributed by atoms with Gasteiger partial charge in [0.05, 0.1) is 0 Å². The van der Waals surface area contributed by atoms with Crippen LogP contribution in [0.2, 0.25) is 0 Å². The normalized spacial score (nSPS) is 15.7. The van der Waals surface area contributed by atoms with Gasteiger partial charge in [0.1, 0.15) is 0 Å². The highest BCUT2D eigenvalue weighted by atomic mass is 16.3. The standard InChI is InChI=1S/C7H17NO/c1-7(2,3)6(8)4-5-9/h6,9H,4-5,8H2,1-3H3/t6-/m1/s1. The molecule has 0 unspecified atom stereocenters. The van der Waals surface area contributed by atoms with Crippen LogP contribution in [0.15, 0.2) is 0 Å². The van der Waals surface area contributed by atoms with Gasteiger partial charge in [0, 0.05) is 12.6 Å². The van der Waals surface area contributed by atoms with E-state index in [2.05, 4.69) is 20.8 Å². The van der Waals surface area contributed by atoms with Crippen molar-refractivity contribution in [2.24, 2.45) is 11.1 Å². The van der Waals surface area contributed by atoms with Crippen LogP contribution in [0.3, 0.4) is 0 Å². The van der Waals surface area contributed by atoms with Crippen LogP contribution in [0.1, 0.15) is 27.2 Å². The second kappa shape index (κ2) is 3.18. The van der Waals surface area contributed by atoms with E-state index in [4.69, 9.17) is 10.8 Å². The first-order valence-electron chi connectivity index (χ1n) is 3.35. The molecule has 0 bridgehead atoms. The average Bonchev–Trinajstić information content (AvgIpc) is 1.64. The van der Waals surface area contributed by atoms with Gasteiger partial charge in [-0.1, -0.05) is 20.8 Å². The average molecular weight is 131 g/mol. The van der Waals surface area contributed by atoms with Crippen molar-refractivity contribution in [3.63, 3.8) is 0 Å². The summed E-state index contributed by atoms with van der Waals surface area (Å²) in [6.45, 7) is 6.42. The highest BCUT2D eigenvalue weighted by Gasteiger charge is 2.19. The third-order valence-electron chi connectivity index (χ3n) is 1.55. The van der Waals surface area contributed by atoms with Crippen molar-refractivity contribution in [2.75, 3.05) is 6.61 Å². The van der Waals surface area contributed by atoms with E-state index in [1.54, 1.807) is 0 Å². The maximum Gasteiger partial charge on any atom is 0.0445 e. The predicted molar refractivity (Wildman–Crippen MR) is 39.1 cm³/mol. The lowest BCUT2D eigenvalue weighted by atomic mass is 9.86. The molecular formula is C7H17NO. The highest BCUT2D eigenvalue weighted by molar-refractivity contribution is 4.75. The van der Waals surface area contributed by atoms with Crippen LogP contribution < -0.4 is 5.73 Å². The topological polar surface area (TPSA) is 46.2 Å². The van der Waals surface area contributed by atoms with Crippen molar-refractivity contribution in [1.82, 2.24) is 0 Å². The molecule has 0 aliphatic heterocycles. The number of nitrogens with two attached hydrogens (primary N) is 1. The minimum atomic E-state index is 0.113. The summed E-state index contributed by atoms with van der Waals surface area (Å²) in [5.41, 5.74) is 5.83. The van der Waals surface area contributed by atoms with Gasteiger partial charge in [0.2, 0.25) is 0 Å². The summed E-state index contributed by atoms with van der Waals surface area (Å²) in [5.74, 6) is 0. The first kappa shape index (κ1) is 8.92. The molecule has 9 heavy (non-hydrogen) atoms. The molecule has 0 saturated carbocycles. The molecule has 0 aromatic rings. The number of aliphatic hydroxyl groups excluding tert-OH is 1. The van der Waals surface area contributed by atoms with Crippen LogP contribution in [-0.2, 0) is 0 Å². The van der Waals surface area contributed by atoms with Crippen molar-refractivity contribution < 1.29 is 5.11 Å². The van der Waals surface area contributed by atoms with Crippen LogP contribution in [-0.4, -0.2) is 17.8 Å². The minimum Gasteiger partial charge on any atom is -0.396 e. The van der Waals surface area contributed by atoms with E-state index in [9.17, 15) is 0 Å². The molecule has 0 aliphatic carbocycles. The van der Waals surface area contributed by atoms with E-state index in [0.717, 1.165) is 0 Å². The predicted octanol–water partition coefficient (Wildman–Crippen LogP) is 0.742. The molecule has 0 aromatic carbocycles. The fraction of sp³-hybridized carbons (Fsp3) is 1.00. The molecule has 0 radical (unpaired) electrons. The Morgan fingerprint density at radius 1 is 1.44 bits per heavy atom. The van der Waals surface area contributed by atoms with E-state index >= 15 is 0 Å². The number of aliphatic hydroxyl groups is 1. The summed E-state index contributed by atoms with van der Waals surface area (Å²) in [7, 11) is 0. The van der Waals surface area contributed by atoms with Gasteiger partial charge >= 0.3 is 0 Å². The van der Waals surface area contributed by atoms with Crippen molar-refractivity contribution >= 4 is 0 Å². The van der Waals surface area contributed by atoms with Crippen LogP contribution in [0.4, 0.5) is 0 Å². The van der Waals surface area contributed by atoms with Gasteiger partial charge < -0.3 is 10.8 Å². The van der Waals surface area contributed by atoms with Gasteiger partial charge in [-0.15, -0.1) is 0 Å². The first-order chi connectivity index (χ1) is 3.98. The number of rotatable bonds is 2. The summed E-state index contributed by atoms with van der Waals surface area (Å²) >= 11 is 0. The zero-order chi connectivity index (χ0) is 7.49. The lowest BCUT2D eigenvalue weighted by Crippen LogP contribution is -2.35. The quantitative estimate of drug-likeness (QED) is 0.580. The van der Waals surface area contributed by atoms with E-state index in [0.29, 0.717) is 6.42 Å². The maximum absolute atomic E-state index is 8.52. The van der Waals surface area contributed by atoms with Gasteiger partial charge in [0.15, 0.2) is 0 Å². The molecular weight excluding hydrogens is 114 g/mol. The highest BCUT2D eigenvalue weighted by Crippen LogP contribution is 2.18. The van der Waals surface area contributed by atoms with Crippen LogP contribution >= 0.6 is 0 Å². The fourth-order valence-electron chi connectivity index (χ4n) is 0.572. The molecule has 1 atom stereocenters. The van der Waals surface area contributed by atoms with Crippen LogP contribution in [0.25, 0.3) is 0 Å². The van der Waals surface area contributed by atoms with E-state index in [-0.39, 0.29) is 18.1 Å². The second-order valence-electron chi connectivity index (χ2n) is 3.48. The van der Waals surface area contributed by atoms with E-state index in [1.807, 2.05) is 0 Å². The van der Waals surface area contributed by atoms with Gasteiger partial charge in [-0.05, 0) is 11.8 Å². The lowest BCUT2D eigenvalue weighted by molar-refractivity contribution is 0.225. The zero-order valence-corrected chi connectivity index (χ0v) is 6.52. The van der Waals surface area contributed by atoms with E-state index < -0.39 is 0 Å². The summed E-state index contributed by atoms with van der Waals surface area (Å²) in [6, 6.07) is 0.113. The SMILES string of the molecule is CC(C)(C)[C@H](N)CCO. The Balaban J connectivity index is 3.59. The monoisotopic (exact) mass is 131 g/mol. The summed E-state index contributed by atoms with van der Waals surface area (Å²) in [4.78, 5) is 0. The van der Waals surface area contributed by atoms with Crippen molar-refractivity contribution in [3.05, 3.63) is 0 Å². The van der Waals surface area contributed by atoms with Crippen LogP contribution in [0.5, 0.6) is 0 Å². The molecule has 0 aromatic heterocycles. The Kier molecular flexibility index (Phi) is 3.15. The molecule has 56 valence electrons. The lowest BCUT2D eigenvalue weighted by Gasteiger charge is -2.26. The van der Waals surface area contributed by atoms with Gasteiger partial charge in [0.25, 0.3) is 0 Å². The first-order valence-corrected chi connectivity index (χ1v) is 3.35. The Bertz CT molecular complexity index is 75.5. The van der Waals surface area contributed by atoms with Crippen LogP contribution in [0, 0.1) is 5.41 Å². The molecule has 0 fully saturated rings. The molecule has 3 N–H and O–H groups in total. The smallest absolute Gasteiger partial charge is 0.0445 e. The molecule has 0 rings (SSSR count). The fourth-order valence-corrected chi connectivity index (χ4v) is 0.572. The summed E-state index contributed by atoms with van der Waals surface area (Å²) < 4.78 is 0. The Morgan fingerprint density at radius 3 is 2.00 bits per heavy atom. The van der Waals surface area contributed by atoms with Gasteiger partial charge in [-0.3, -0.25) is 0 Å². The minimum absolute atomic E-state index is 0.113.